The molecule has 3 heterocycles. The number of imidazole rings is 1. The molecule has 9 nitrogen and oxygen atoms in total. The lowest BCUT2D eigenvalue weighted by molar-refractivity contribution is -0.0511. The van der Waals surface area contributed by atoms with Crippen molar-refractivity contribution in [1.29, 1.82) is 0 Å². The molecule has 0 saturated carbocycles. The van der Waals surface area contributed by atoms with Gasteiger partial charge in [-0.25, -0.2) is 4.98 Å². The van der Waals surface area contributed by atoms with Crippen LogP contribution in [-0.4, -0.2) is 59.8 Å². The average molecular weight is 303 g/mol. The number of aliphatic hydroxyl groups excluding tert-OH is 3. The van der Waals surface area contributed by atoms with Crippen LogP contribution in [0.4, 0.5) is 0 Å². The van der Waals surface area contributed by atoms with Gasteiger partial charge in [0.05, 0.1) is 12.9 Å². The van der Waals surface area contributed by atoms with Gasteiger partial charge in [0.2, 0.25) is 5.28 Å². The summed E-state index contributed by atoms with van der Waals surface area (Å²) >= 11 is 5.68. The number of halogens is 1. The Bertz CT molecular complexity index is 701. The van der Waals surface area contributed by atoms with Gasteiger partial charge in [-0.15, -0.1) is 0 Å². The second-order valence-electron chi connectivity index (χ2n) is 4.41. The molecule has 1 fully saturated rings. The monoisotopic (exact) mass is 302 g/mol. The highest BCUT2D eigenvalue weighted by atomic mass is 35.5. The molecule has 1 saturated heterocycles. The Morgan fingerprint density at radius 1 is 1.45 bits per heavy atom. The first-order valence-electron chi connectivity index (χ1n) is 5.77. The summed E-state index contributed by atoms with van der Waals surface area (Å²) in [6, 6.07) is 0. The Morgan fingerprint density at radius 3 is 2.85 bits per heavy atom. The smallest absolute Gasteiger partial charge is 0.280 e. The van der Waals surface area contributed by atoms with E-state index in [1.165, 1.54) is 10.9 Å². The first-order chi connectivity index (χ1) is 9.52. The normalized spacial score (nSPS) is 30.2. The summed E-state index contributed by atoms with van der Waals surface area (Å²) in [6.45, 7) is -0.448. The molecule has 20 heavy (non-hydrogen) atoms. The van der Waals surface area contributed by atoms with Crippen LogP contribution in [0.2, 0.25) is 5.28 Å². The van der Waals surface area contributed by atoms with Crippen LogP contribution in [0.25, 0.3) is 11.2 Å². The molecular weight excluding hydrogens is 292 g/mol. The molecule has 3 rings (SSSR count). The fourth-order valence-electron chi connectivity index (χ4n) is 2.20. The fraction of sp³-hybridized carbons (Fsp3) is 0.500. The van der Waals surface area contributed by atoms with Crippen LogP contribution >= 0.6 is 11.6 Å². The van der Waals surface area contributed by atoms with Gasteiger partial charge in [0.15, 0.2) is 17.4 Å². The molecule has 4 N–H and O–H groups in total. The van der Waals surface area contributed by atoms with Gasteiger partial charge < -0.3 is 20.1 Å². The number of fused-ring (bicyclic) bond motifs is 1. The van der Waals surface area contributed by atoms with E-state index in [0.717, 1.165) is 0 Å². The maximum Gasteiger partial charge on any atom is 0.280 e. The van der Waals surface area contributed by atoms with Crippen LogP contribution in [0.15, 0.2) is 11.1 Å². The summed E-state index contributed by atoms with van der Waals surface area (Å²) < 4.78 is 6.64. The Balaban J connectivity index is 2.09. The third-order valence-electron chi connectivity index (χ3n) is 3.19. The maximum atomic E-state index is 11.6. The van der Waals surface area contributed by atoms with Crippen molar-refractivity contribution in [2.24, 2.45) is 0 Å². The molecule has 0 aromatic carbocycles. The summed E-state index contributed by atoms with van der Waals surface area (Å²) in [5.41, 5.74) is -0.369. The number of nitrogens with zero attached hydrogens (tertiary/aromatic N) is 3. The van der Waals surface area contributed by atoms with E-state index < -0.39 is 36.7 Å². The maximum absolute atomic E-state index is 11.6. The number of nitrogens with one attached hydrogen (secondary N) is 1. The first kappa shape index (κ1) is 13.5. The van der Waals surface area contributed by atoms with Gasteiger partial charge >= 0.3 is 0 Å². The van der Waals surface area contributed by atoms with Gasteiger partial charge in [0.25, 0.3) is 5.56 Å². The van der Waals surface area contributed by atoms with Crippen LogP contribution in [0.5, 0.6) is 0 Å². The fourth-order valence-corrected chi connectivity index (χ4v) is 2.36. The van der Waals surface area contributed by atoms with Crippen LogP contribution in [0.1, 0.15) is 6.23 Å². The third kappa shape index (κ3) is 1.91. The Labute approximate surface area is 116 Å². The lowest BCUT2D eigenvalue weighted by Gasteiger charge is -2.16. The van der Waals surface area contributed by atoms with Crippen molar-refractivity contribution >= 4 is 22.8 Å². The highest BCUT2D eigenvalue weighted by Gasteiger charge is 2.44. The molecule has 0 bridgehead atoms. The average Bonchev–Trinajstić information content (AvgIpc) is 2.93. The lowest BCUT2D eigenvalue weighted by Crippen LogP contribution is -2.33. The summed E-state index contributed by atoms with van der Waals surface area (Å²) in [5.74, 6) is 0. The summed E-state index contributed by atoms with van der Waals surface area (Å²) in [4.78, 5) is 21.7. The first-order valence-corrected chi connectivity index (χ1v) is 6.15. The van der Waals surface area contributed by atoms with E-state index in [0.29, 0.717) is 0 Å². The standard InChI is InChI=1S/C10H11ClN4O5/c11-10-13-7-4(8(19)14-10)12-2-15(7)9-6(18)5(17)3(1-16)20-9/h2-3,5-6,9,16-18H,1H2,(H,13,14,19)/t3-,5-,6+,9-/m1/s1. The Kier molecular flexibility index (Phi) is 3.22. The van der Waals surface area contributed by atoms with E-state index >= 15 is 0 Å². The SMILES string of the molecule is O=c1[nH]c(Cl)nc2c1ncn2[C@@H]1O[C@H](CO)[C@@H](O)[C@@H]1O. The highest BCUT2D eigenvalue weighted by Crippen LogP contribution is 2.30. The largest absolute Gasteiger partial charge is 0.394 e. The van der Waals surface area contributed by atoms with E-state index in [1.54, 1.807) is 0 Å². The van der Waals surface area contributed by atoms with Gasteiger partial charge in [-0.2, -0.15) is 4.98 Å². The molecule has 2 aromatic rings. The van der Waals surface area contributed by atoms with Crippen molar-refractivity contribution in [3.8, 4) is 0 Å². The number of aliphatic hydroxyl groups is 3. The zero-order valence-corrected chi connectivity index (χ0v) is 10.7. The Hall–Kier alpha value is -1.52. The predicted molar refractivity (Wildman–Crippen MR) is 66.2 cm³/mol. The van der Waals surface area contributed by atoms with Crippen molar-refractivity contribution in [3.63, 3.8) is 0 Å². The molecule has 0 aliphatic carbocycles. The molecule has 1 aliphatic rings. The number of H-pyrrole nitrogens is 1. The van der Waals surface area contributed by atoms with Crippen molar-refractivity contribution in [2.75, 3.05) is 6.61 Å². The number of aromatic nitrogens is 4. The summed E-state index contributed by atoms with van der Waals surface area (Å²) in [6.07, 6.45) is -3.23. The molecule has 0 amide bonds. The number of hydrogen-bond donors (Lipinski definition) is 4. The molecule has 10 heteroatoms. The highest BCUT2D eigenvalue weighted by molar-refractivity contribution is 6.28. The molecule has 108 valence electrons. The topological polar surface area (TPSA) is 133 Å². The molecular formula is C10H11ClN4O5. The minimum absolute atomic E-state index is 0.0344. The van der Waals surface area contributed by atoms with Gasteiger partial charge in [0, 0.05) is 0 Å². The van der Waals surface area contributed by atoms with E-state index in [1.807, 2.05) is 0 Å². The van der Waals surface area contributed by atoms with Crippen LogP contribution in [0, 0.1) is 0 Å². The van der Waals surface area contributed by atoms with E-state index in [-0.39, 0.29) is 16.4 Å². The van der Waals surface area contributed by atoms with Crippen LogP contribution in [-0.2, 0) is 4.74 Å². The van der Waals surface area contributed by atoms with Gasteiger partial charge in [-0.3, -0.25) is 14.3 Å². The molecule has 0 radical (unpaired) electrons. The quantitative estimate of drug-likeness (QED) is 0.490. The number of aromatic amines is 1. The van der Waals surface area contributed by atoms with Crippen molar-refractivity contribution in [1.82, 2.24) is 19.5 Å². The van der Waals surface area contributed by atoms with Crippen molar-refractivity contribution < 1.29 is 20.1 Å². The molecule has 0 unspecified atom stereocenters. The molecule has 0 spiro atoms. The summed E-state index contributed by atoms with van der Waals surface area (Å²) in [5, 5.41) is 28.6. The van der Waals surface area contributed by atoms with Crippen LogP contribution in [0.3, 0.4) is 0 Å². The molecule has 2 aromatic heterocycles. The second kappa shape index (κ2) is 4.79. The minimum atomic E-state index is -1.29. The van der Waals surface area contributed by atoms with Crippen molar-refractivity contribution in [3.05, 3.63) is 22.0 Å². The zero-order valence-electron chi connectivity index (χ0n) is 9.97. The van der Waals surface area contributed by atoms with E-state index in [9.17, 15) is 15.0 Å². The molecule has 4 atom stereocenters. The number of rotatable bonds is 2. The van der Waals surface area contributed by atoms with Crippen LogP contribution < -0.4 is 5.56 Å². The predicted octanol–water partition coefficient (Wildman–Crippen LogP) is -1.62. The third-order valence-corrected chi connectivity index (χ3v) is 3.37. The molecule has 1 aliphatic heterocycles. The van der Waals surface area contributed by atoms with Crippen molar-refractivity contribution in [2.45, 2.75) is 24.5 Å². The minimum Gasteiger partial charge on any atom is -0.394 e. The van der Waals surface area contributed by atoms with E-state index in [2.05, 4.69) is 15.0 Å². The number of ether oxygens (including phenoxy) is 1. The lowest BCUT2D eigenvalue weighted by atomic mass is 10.1. The van der Waals surface area contributed by atoms with E-state index in [4.69, 9.17) is 21.4 Å². The zero-order chi connectivity index (χ0) is 14.4. The number of hydrogen-bond acceptors (Lipinski definition) is 7. The van der Waals surface area contributed by atoms with Gasteiger partial charge in [0.1, 0.15) is 18.3 Å². The van der Waals surface area contributed by atoms with Gasteiger partial charge in [-0.05, 0) is 11.6 Å². The summed E-state index contributed by atoms with van der Waals surface area (Å²) in [7, 11) is 0. The van der Waals surface area contributed by atoms with Gasteiger partial charge in [-0.1, -0.05) is 0 Å². The Morgan fingerprint density at radius 2 is 2.20 bits per heavy atom. The second-order valence-corrected chi connectivity index (χ2v) is 4.77.